The van der Waals surface area contributed by atoms with Gasteiger partial charge >= 0.3 is 0 Å². The number of hydrogen-bond donors (Lipinski definition) is 2. The lowest BCUT2D eigenvalue weighted by Crippen LogP contribution is -2.48. The van der Waals surface area contributed by atoms with Crippen LogP contribution in [0.2, 0.25) is 0 Å². The van der Waals surface area contributed by atoms with Crippen LogP contribution in [0, 0.1) is 29.1 Å². The normalized spacial score (nSPS) is 47.9. The van der Waals surface area contributed by atoms with E-state index in [0.29, 0.717) is 5.92 Å². The Morgan fingerprint density at radius 2 is 2.12 bits per heavy atom. The van der Waals surface area contributed by atoms with Crippen LogP contribution >= 0.6 is 0 Å². The molecule has 5 rings (SSSR count). The van der Waals surface area contributed by atoms with Gasteiger partial charge in [0.1, 0.15) is 6.23 Å². The van der Waals surface area contributed by atoms with Crippen LogP contribution in [0.25, 0.3) is 0 Å². The van der Waals surface area contributed by atoms with Gasteiger partial charge in [0.25, 0.3) is 0 Å². The molecule has 0 radical (unpaired) electrons. The number of fused-ring (bicyclic) bond motifs is 4. The number of aliphatic hydroxyl groups is 1. The first-order valence-electron chi connectivity index (χ1n) is 11.0. The second-order valence-electron chi connectivity index (χ2n) is 10.00. The Bertz CT molecular complexity index is 632. The molecule has 5 aliphatic rings. The van der Waals surface area contributed by atoms with Gasteiger partial charge in [-0.05, 0) is 93.1 Å². The smallest absolute Gasteiger partial charge is 0.149 e. The molecule has 1 saturated heterocycles. The van der Waals surface area contributed by atoms with Gasteiger partial charge in [0.2, 0.25) is 0 Å². The van der Waals surface area contributed by atoms with E-state index in [1.807, 2.05) is 0 Å². The summed E-state index contributed by atoms with van der Waals surface area (Å²) in [4.78, 5) is 0. The fraction of sp³-hybridized carbons (Fsp3) is 0.826. The maximum atomic E-state index is 10.7. The molecule has 0 aromatic heterocycles. The molecule has 0 amide bonds. The topological polar surface area (TPSA) is 41.5 Å². The molecular weight excluding hydrogens is 322 g/mol. The van der Waals surface area contributed by atoms with Crippen LogP contribution < -0.4 is 5.32 Å². The monoisotopic (exact) mass is 357 g/mol. The molecular formula is C23H35NO2. The summed E-state index contributed by atoms with van der Waals surface area (Å²) in [5.74, 6) is 4.20. The Labute approximate surface area is 158 Å². The second-order valence-corrected chi connectivity index (χ2v) is 10.00. The summed E-state index contributed by atoms with van der Waals surface area (Å²) < 4.78 is 6.25. The average molecular weight is 358 g/mol. The van der Waals surface area contributed by atoms with Crippen LogP contribution in [0.4, 0.5) is 0 Å². The van der Waals surface area contributed by atoms with Gasteiger partial charge in [0.15, 0.2) is 0 Å². The summed E-state index contributed by atoms with van der Waals surface area (Å²) in [7, 11) is 0. The molecule has 2 N–H and O–H groups in total. The fourth-order valence-electron chi connectivity index (χ4n) is 7.46. The van der Waals surface area contributed by atoms with Gasteiger partial charge in [0.05, 0.1) is 11.9 Å². The zero-order chi connectivity index (χ0) is 17.9. The summed E-state index contributed by atoms with van der Waals surface area (Å²) in [6.07, 6.45) is 13.1. The van der Waals surface area contributed by atoms with Crippen molar-refractivity contribution in [2.24, 2.45) is 29.1 Å². The molecule has 144 valence electrons. The Morgan fingerprint density at radius 3 is 2.92 bits per heavy atom. The first kappa shape index (κ1) is 17.3. The minimum Gasteiger partial charge on any atom is -0.480 e. The van der Waals surface area contributed by atoms with Crippen molar-refractivity contribution in [2.45, 2.75) is 84.0 Å². The maximum absolute atomic E-state index is 10.7. The molecule has 4 aliphatic carbocycles. The van der Waals surface area contributed by atoms with Crippen molar-refractivity contribution in [3.63, 3.8) is 0 Å². The first-order valence-corrected chi connectivity index (χ1v) is 11.0. The molecule has 0 aromatic carbocycles. The van der Waals surface area contributed by atoms with E-state index in [-0.39, 0.29) is 17.7 Å². The molecule has 1 heterocycles. The summed E-state index contributed by atoms with van der Waals surface area (Å²) in [6.45, 7) is 5.94. The number of aliphatic hydroxyl groups excluding tert-OH is 1. The largest absolute Gasteiger partial charge is 0.480 e. The van der Waals surface area contributed by atoms with E-state index in [0.717, 1.165) is 50.0 Å². The lowest BCUT2D eigenvalue weighted by molar-refractivity contribution is -0.0552. The molecule has 3 fully saturated rings. The summed E-state index contributed by atoms with van der Waals surface area (Å²) in [5.41, 5.74) is 3.62. The van der Waals surface area contributed by atoms with Crippen molar-refractivity contribution in [2.75, 3.05) is 6.54 Å². The molecule has 1 unspecified atom stereocenters. The van der Waals surface area contributed by atoms with E-state index >= 15 is 0 Å². The lowest BCUT2D eigenvalue weighted by Gasteiger charge is -2.54. The van der Waals surface area contributed by atoms with Gasteiger partial charge < -0.3 is 9.84 Å². The quantitative estimate of drug-likeness (QED) is 0.714. The van der Waals surface area contributed by atoms with Crippen molar-refractivity contribution < 1.29 is 9.84 Å². The van der Waals surface area contributed by atoms with Gasteiger partial charge in [-0.3, -0.25) is 5.32 Å². The molecule has 7 atom stereocenters. The van der Waals surface area contributed by atoms with Crippen LogP contribution in [0.1, 0.15) is 71.6 Å². The zero-order valence-electron chi connectivity index (χ0n) is 16.5. The van der Waals surface area contributed by atoms with Crippen LogP contribution in [-0.4, -0.2) is 24.0 Å². The van der Waals surface area contributed by atoms with Crippen molar-refractivity contribution >= 4 is 0 Å². The van der Waals surface area contributed by atoms with E-state index in [9.17, 15) is 5.11 Å². The van der Waals surface area contributed by atoms with Crippen molar-refractivity contribution in [3.8, 4) is 0 Å². The van der Waals surface area contributed by atoms with Gasteiger partial charge in [-0.25, -0.2) is 0 Å². The highest BCUT2D eigenvalue weighted by molar-refractivity contribution is 5.33. The van der Waals surface area contributed by atoms with E-state index in [1.165, 1.54) is 37.9 Å². The third-order valence-corrected chi connectivity index (χ3v) is 8.59. The molecule has 3 nitrogen and oxygen atoms in total. The van der Waals surface area contributed by atoms with Crippen molar-refractivity contribution in [1.82, 2.24) is 5.32 Å². The van der Waals surface area contributed by atoms with E-state index in [4.69, 9.17) is 4.74 Å². The van der Waals surface area contributed by atoms with E-state index in [1.54, 1.807) is 11.1 Å². The van der Waals surface area contributed by atoms with Crippen LogP contribution in [0.15, 0.2) is 23.0 Å². The third kappa shape index (κ3) is 2.61. The van der Waals surface area contributed by atoms with Gasteiger partial charge in [-0.1, -0.05) is 25.0 Å². The first-order chi connectivity index (χ1) is 12.6. The number of rotatable bonds is 2. The van der Waals surface area contributed by atoms with Gasteiger partial charge in [-0.15, -0.1) is 0 Å². The van der Waals surface area contributed by atoms with Crippen LogP contribution in [0.5, 0.6) is 0 Å². The molecule has 3 heteroatoms. The van der Waals surface area contributed by atoms with Crippen LogP contribution in [-0.2, 0) is 4.74 Å². The Morgan fingerprint density at radius 1 is 1.23 bits per heavy atom. The third-order valence-electron chi connectivity index (χ3n) is 8.59. The van der Waals surface area contributed by atoms with E-state index in [2.05, 4.69) is 25.2 Å². The lowest BCUT2D eigenvalue weighted by atomic mass is 9.51. The standard InChI is InChI=1S/C23H35NO2/c1-14-13-23(2)19(9-10-20(23)25)18-7-5-15-12-16(6-8-17(15)22(14)18)26-21-4-3-11-24-21/h6,14,18-22,24-25H,3-5,7-13H2,1-2H3/t14-,18-,19-,20-,21?,22+,23-/m0/s1. The minimum atomic E-state index is -0.0727. The number of ether oxygens (including phenoxy) is 1. The fourth-order valence-corrected chi connectivity index (χ4v) is 7.46. The maximum Gasteiger partial charge on any atom is 0.149 e. The Hall–Kier alpha value is -0.800. The number of nitrogens with one attached hydrogen (secondary N) is 1. The molecule has 0 spiro atoms. The summed E-state index contributed by atoms with van der Waals surface area (Å²) in [6, 6.07) is 0. The van der Waals surface area contributed by atoms with Crippen molar-refractivity contribution in [1.29, 1.82) is 0 Å². The van der Waals surface area contributed by atoms with Gasteiger partial charge in [-0.2, -0.15) is 0 Å². The van der Waals surface area contributed by atoms with Crippen molar-refractivity contribution in [3.05, 3.63) is 23.0 Å². The molecule has 26 heavy (non-hydrogen) atoms. The van der Waals surface area contributed by atoms with E-state index < -0.39 is 0 Å². The second kappa shape index (κ2) is 6.38. The summed E-state index contributed by atoms with van der Waals surface area (Å²) in [5, 5.41) is 14.1. The predicted molar refractivity (Wildman–Crippen MR) is 103 cm³/mol. The highest BCUT2D eigenvalue weighted by atomic mass is 16.5. The van der Waals surface area contributed by atoms with Crippen LogP contribution in [0.3, 0.4) is 0 Å². The molecule has 2 saturated carbocycles. The summed E-state index contributed by atoms with van der Waals surface area (Å²) >= 11 is 0. The zero-order valence-corrected chi connectivity index (χ0v) is 16.5. The predicted octanol–water partition coefficient (Wildman–Crippen LogP) is 4.53. The molecule has 0 aromatic rings. The van der Waals surface area contributed by atoms with Gasteiger partial charge in [0, 0.05) is 6.42 Å². The highest BCUT2D eigenvalue weighted by Gasteiger charge is 2.56. The molecule has 0 bridgehead atoms. The molecule has 1 aliphatic heterocycles. The SMILES string of the molecule is C[C@H]1C[C@]2(C)[C@@H](O)CC[C@H]2[C@@H]2CCC3=C(CC=C(OC4CCCN4)C3)[C@H]21. The Kier molecular flexibility index (Phi) is 4.24. The average Bonchev–Trinajstić information content (AvgIpc) is 3.23. The minimum absolute atomic E-state index is 0.0727. The number of allylic oxidation sites excluding steroid dienone is 3. The number of hydrogen-bond acceptors (Lipinski definition) is 3. The highest BCUT2D eigenvalue weighted by Crippen LogP contribution is 2.62. The Balaban J connectivity index is 1.35.